The lowest BCUT2D eigenvalue weighted by Gasteiger charge is -2.31. The minimum atomic E-state index is -0.143. The summed E-state index contributed by atoms with van der Waals surface area (Å²) in [6.45, 7) is 8.51. The monoisotopic (exact) mass is 420 g/mol. The minimum absolute atomic E-state index is 0.104. The van der Waals surface area contributed by atoms with Gasteiger partial charge in [-0.05, 0) is 46.2 Å². The first-order valence-corrected chi connectivity index (χ1v) is 10.6. The number of nitrogens with zero attached hydrogens (tertiary/aromatic N) is 5. The molecule has 8 nitrogen and oxygen atoms in total. The van der Waals surface area contributed by atoms with E-state index in [1.807, 2.05) is 18.0 Å². The molecular formula is C23H28N6O2. The molecule has 4 unspecified atom stereocenters. The van der Waals surface area contributed by atoms with Crippen LogP contribution in [0.5, 0.6) is 0 Å². The first-order valence-electron chi connectivity index (χ1n) is 10.6. The van der Waals surface area contributed by atoms with Crippen LogP contribution in [0.1, 0.15) is 34.1 Å². The van der Waals surface area contributed by atoms with Crippen LogP contribution in [0.4, 0.5) is 5.82 Å². The maximum Gasteiger partial charge on any atom is 0.246 e. The molecule has 0 saturated heterocycles. The highest BCUT2D eigenvalue weighted by molar-refractivity contribution is 5.93. The Morgan fingerprint density at radius 3 is 2.61 bits per heavy atom. The smallest absolute Gasteiger partial charge is 0.246 e. The largest absolute Gasteiger partial charge is 0.371 e. The van der Waals surface area contributed by atoms with E-state index >= 15 is 0 Å². The van der Waals surface area contributed by atoms with Crippen LogP contribution in [0, 0.1) is 5.92 Å². The van der Waals surface area contributed by atoms with E-state index in [9.17, 15) is 4.79 Å². The highest BCUT2D eigenvalue weighted by Crippen LogP contribution is 2.33. The third-order valence-electron chi connectivity index (χ3n) is 5.74. The molecule has 0 aromatic carbocycles. The molecule has 0 bridgehead atoms. The number of hydrazone groups is 1. The highest BCUT2D eigenvalue weighted by atomic mass is 16.5. The van der Waals surface area contributed by atoms with Gasteiger partial charge in [-0.25, -0.2) is 15.0 Å². The molecular weight excluding hydrogens is 392 g/mol. The first-order chi connectivity index (χ1) is 14.9. The summed E-state index contributed by atoms with van der Waals surface area (Å²) in [5.74, 6) is 0.576. The normalized spacial score (nSPS) is 25.7. The number of nitrogens with one attached hydrogen (secondary N) is 1. The standard InChI is InChI=1S/C23H28N6O2/c1-14-7-19(8-15(2)31-14)23-16(3)28-29(17(23)4)12-22(30)27-21-6-5-18(11-26-21)20-9-24-13-25-10-20/h5-7,9-11,13-15,17,23H,8,12H2,1-4H3,(H,26,27,30). The van der Waals surface area contributed by atoms with E-state index in [1.165, 1.54) is 11.9 Å². The van der Waals surface area contributed by atoms with E-state index in [-0.39, 0.29) is 36.6 Å². The van der Waals surface area contributed by atoms with Gasteiger partial charge in [-0.15, -0.1) is 0 Å². The van der Waals surface area contributed by atoms with Gasteiger partial charge in [0, 0.05) is 41.3 Å². The molecule has 0 saturated carbocycles. The van der Waals surface area contributed by atoms with E-state index < -0.39 is 0 Å². The van der Waals surface area contributed by atoms with Gasteiger partial charge < -0.3 is 10.1 Å². The Morgan fingerprint density at radius 2 is 1.94 bits per heavy atom. The zero-order valence-electron chi connectivity index (χ0n) is 18.3. The third kappa shape index (κ3) is 4.80. The summed E-state index contributed by atoms with van der Waals surface area (Å²) in [4.78, 5) is 25.0. The maximum atomic E-state index is 12.6. The van der Waals surface area contributed by atoms with Crippen molar-refractivity contribution in [3.63, 3.8) is 0 Å². The Hall–Kier alpha value is -3.13. The Morgan fingerprint density at radius 1 is 1.16 bits per heavy atom. The number of carbonyl (C=O) groups excluding carboxylic acids is 1. The summed E-state index contributed by atoms with van der Waals surface area (Å²) in [7, 11) is 0. The summed E-state index contributed by atoms with van der Waals surface area (Å²) in [5.41, 5.74) is 4.16. The summed E-state index contributed by atoms with van der Waals surface area (Å²) in [6, 6.07) is 3.78. The number of rotatable bonds is 5. The molecule has 162 valence electrons. The maximum absolute atomic E-state index is 12.6. The lowest BCUT2D eigenvalue weighted by atomic mass is 9.84. The van der Waals surface area contributed by atoms with Gasteiger partial charge >= 0.3 is 0 Å². The molecule has 0 fully saturated rings. The Bertz CT molecular complexity index is 989. The number of amides is 1. The Kier molecular flexibility index (Phi) is 6.08. The van der Waals surface area contributed by atoms with E-state index in [2.05, 4.69) is 52.2 Å². The molecule has 31 heavy (non-hydrogen) atoms. The fraction of sp³-hybridized carbons (Fsp3) is 0.435. The number of carbonyl (C=O) groups is 1. The number of ether oxygens (including phenoxy) is 1. The van der Waals surface area contributed by atoms with Crippen molar-refractivity contribution in [2.24, 2.45) is 11.0 Å². The minimum Gasteiger partial charge on any atom is -0.371 e. The van der Waals surface area contributed by atoms with Gasteiger partial charge in [0.1, 0.15) is 18.7 Å². The van der Waals surface area contributed by atoms with Gasteiger partial charge in [0.25, 0.3) is 0 Å². The zero-order chi connectivity index (χ0) is 22.0. The number of anilines is 1. The zero-order valence-corrected chi connectivity index (χ0v) is 18.3. The van der Waals surface area contributed by atoms with Crippen LogP contribution in [0.25, 0.3) is 11.1 Å². The molecule has 4 atom stereocenters. The van der Waals surface area contributed by atoms with Gasteiger partial charge in [-0.2, -0.15) is 5.10 Å². The van der Waals surface area contributed by atoms with Crippen LogP contribution < -0.4 is 5.32 Å². The number of hydrogen-bond donors (Lipinski definition) is 1. The highest BCUT2D eigenvalue weighted by Gasteiger charge is 2.36. The fourth-order valence-electron chi connectivity index (χ4n) is 4.44. The predicted molar refractivity (Wildman–Crippen MR) is 119 cm³/mol. The molecule has 2 aromatic rings. The van der Waals surface area contributed by atoms with Gasteiger partial charge in [0.2, 0.25) is 5.91 Å². The summed E-state index contributed by atoms with van der Waals surface area (Å²) in [6.07, 6.45) is 10.0. The van der Waals surface area contributed by atoms with Crippen LogP contribution in [-0.2, 0) is 9.53 Å². The molecule has 1 N–H and O–H groups in total. The van der Waals surface area contributed by atoms with Crippen molar-refractivity contribution in [3.05, 3.63) is 48.7 Å². The molecule has 2 aliphatic rings. The van der Waals surface area contributed by atoms with E-state index in [1.54, 1.807) is 24.7 Å². The molecule has 4 rings (SSSR count). The molecule has 2 aliphatic heterocycles. The lowest BCUT2D eigenvalue weighted by molar-refractivity contribution is -0.117. The quantitative estimate of drug-likeness (QED) is 0.746. The van der Waals surface area contributed by atoms with Gasteiger partial charge in [-0.3, -0.25) is 9.80 Å². The molecule has 0 radical (unpaired) electrons. The van der Waals surface area contributed by atoms with Crippen molar-refractivity contribution in [1.29, 1.82) is 0 Å². The lowest BCUT2D eigenvalue weighted by Crippen LogP contribution is -2.38. The second-order valence-electron chi connectivity index (χ2n) is 8.26. The molecule has 8 heteroatoms. The van der Waals surface area contributed by atoms with E-state index in [0.29, 0.717) is 5.82 Å². The Balaban J connectivity index is 1.38. The van der Waals surface area contributed by atoms with Crippen molar-refractivity contribution in [1.82, 2.24) is 20.0 Å². The van der Waals surface area contributed by atoms with Crippen molar-refractivity contribution >= 4 is 17.4 Å². The molecule has 4 heterocycles. The number of pyridine rings is 1. The summed E-state index contributed by atoms with van der Waals surface area (Å²) >= 11 is 0. The third-order valence-corrected chi connectivity index (χ3v) is 5.74. The topological polar surface area (TPSA) is 92.6 Å². The van der Waals surface area contributed by atoms with Crippen LogP contribution in [0.2, 0.25) is 0 Å². The second kappa shape index (κ2) is 8.93. The first kappa shape index (κ1) is 21.1. The molecule has 2 aromatic heterocycles. The number of aromatic nitrogens is 3. The van der Waals surface area contributed by atoms with Crippen LogP contribution in [-0.4, -0.2) is 56.4 Å². The SMILES string of the molecule is CC1=NN(CC(=O)Nc2ccc(-c3cncnc3)cn2)C(C)C1C1=CC(C)OC(C)C1. The van der Waals surface area contributed by atoms with Gasteiger partial charge in [0.05, 0.1) is 18.2 Å². The number of hydrogen-bond acceptors (Lipinski definition) is 7. The van der Waals surface area contributed by atoms with Gasteiger partial charge in [-0.1, -0.05) is 11.6 Å². The average Bonchev–Trinajstić information content (AvgIpc) is 3.01. The van der Waals surface area contributed by atoms with Crippen molar-refractivity contribution in [2.45, 2.75) is 52.4 Å². The Labute approximate surface area is 182 Å². The van der Waals surface area contributed by atoms with Crippen molar-refractivity contribution in [2.75, 3.05) is 11.9 Å². The average molecular weight is 421 g/mol. The van der Waals surface area contributed by atoms with E-state index in [4.69, 9.17) is 4.74 Å². The van der Waals surface area contributed by atoms with Crippen molar-refractivity contribution < 1.29 is 9.53 Å². The predicted octanol–water partition coefficient (Wildman–Crippen LogP) is 3.30. The van der Waals surface area contributed by atoms with E-state index in [0.717, 1.165) is 23.3 Å². The van der Waals surface area contributed by atoms with Crippen LogP contribution >= 0.6 is 0 Å². The second-order valence-corrected chi connectivity index (χ2v) is 8.26. The molecule has 1 amide bonds. The van der Waals surface area contributed by atoms with Crippen molar-refractivity contribution in [3.8, 4) is 11.1 Å². The van der Waals surface area contributed by atoms with Crippen LogP contribution in [0.15, 0.2) is 53.8 Å². The molecule has 0 aliphatic carbocycles. The fourth-order valence-corrected chi connectivity index (χ4v) is 4.44. The summed E-state index contributed by atoms with van der Waals surface area (Å²) < 4.78 is 5.83. The van der Waals surface area contributed by atoms with Crippen LogP contribution in [0.3, 0.4) is 0 Å². The summed E-state index contributed by atoms with van der Waals surface area (Å²) in [5, 5.41) is 9.42. The molecule has 0 spiro atoms. The van der Waals surface area contributed by atoms with Gasteiger partial charge in [0.15, 0.2) is 0 Å².